The summed E-state index contributed by atoms with van der Waals surface area (Å²) in [5.41, 5.74) is 1.29. The minimum atomic E-state index is -0.486. The van der Waals surface area contributed by atoms with Gasteiger partial charge in [-0.1, -0.05) is 27.7 Å². The monoisotopic (exact) mass is 367 g/mol. The maximum Gasteiger partial charge on any atom is 0.229 e. The Bertz CT molecular complexity index is 815. The number of carbonyl (C=O) groups is 3. The van der Waals surface area contributed by atoms with E-state index in [2.05, 4.69) is 5.32 Å². The van der Waals surface area contributed by atoms with Crippen LogP contribution in [0.4, 0.5) is 5.69 Å². The van der Waals surface area contributed by atoms with Gasteiger partial charge in [-0.2, -0.15) is 0 Å². The summed E-state index contributed by atoms with van der Waals surface area (Å²) in [5, 5.41) is 2.82. The summed E-state index contributed by atoms with van der Waals surface area (Å²) in [6.07, 6.45) is 0.449. The predicted molar refractivity (Wildman–Crippen MR) is 105 cm³/mol. The van der Waals surface area contributed by atoms with Crippen molar-refractivity contribution in [1.82, 2.24) is 0 Å². The van der Waals surface area contributed by atoms with Gasteiger partial charge in [0, 0.05) is 28.7 Å². The minimum Gasteiger partial charge on any atom is -0.485 e. The molecule has 0 heterocycles. The molecule has 0 saturated carbocycles. The maximum absolute atomic E-state index is 12.3. The first-order valence-electron chi connectivity index (χ1n) is 8.91. The van der Waals surface area contributed by atoms with Crippen LogP contribution in [0.3, 0.4) is 0 Å². The van der Waals surface area contributed by atoms with E-state index in [0.29, 0.717) is 29.0 Å². The lowest BCUT2D eigenvalue weighted by Crippen LogP contribution is -2.27. The molecule has 2 aromatic rings. The van der Waals surface area contributed by atoms with E-state index in [4.69, 9.17) is 4.74 Å². The molecule has 0 bridgehead atoms. The lowest BCUT2D eigenvalue weighted by molar-refractivity contribution is -0.123. The zero-order chi connectivity index (χ0) is 20.0. The summed E-state index contributed by atoms with van der Waals surface area (Å²) in [7, 11) is 0. The fourth-order valence-electron chi connectivity index (χ4n) is 2.23. The average Bonchev–Trinajstić information content (AvgIpc) is 2.65. The second-order valence-corrected chi connectivity index (χ2v) is 7.29. The number of ketones is 2. The maximum atomic E-state index is 12.3. The van der Waals surface area contributed by atoms with Gasteiger partial charge in [0.2, 0.25) is 5.91 Å². The Morgan fingerprint density at radius 3 is 1.89 bits per heavy atom. The number of benzene rings is 2. The molecule has 2 aromatic carbocycles. The highest BCUT2D eigenvalue weighted by molar-refractivity contribution is 5.99. The van der Waals surface area contributed by atoms with E-state index < -0.39 is 5.41 Å². The molecule has 5 heteroatoms. The topological polar surface area (TPSA) is 72.5 Å². The number of amides is 1. The van der Waals surface area contributed by atoms with Crippen LogP contribution in [0.5, 0.6) is 5.75 Å². The Balaban J connectivity index is 1.92. The van der Waals surface area contributed by atoms with Crippen molar-refractivity contribution < 1.29 is 19.1 Å². The number of carbonyl (C=O) groups excluding carboxylic acids is 3. The van der Waals surface area contributed by atoms with Crippen molar-refractivity contribution in [2.75, 3.05) is 11.9 Å². The van der Waals surface area contributed by atoms with E-state index in [9.17, 15) is 14.4 Å². The summed E-state index contributed by atoms with van der Waals surface area (Å²) in [5.74, 6) is 0.341. The van der Waals surface area contributed by atoms with E-state index in [1.165, 1.54) is 0 Å². The van der Waals surface area contributed by atoms with Crippen LogP contribution in [0.25, 0.3) is 0 Å². The number of hydrogen-bond acceptors (Lipinski definition) is 4. The summed E-state index contributed by atoms with van der Waals surface area (Å²) >= 11 is 0. The van der Waals surface area contributed by atoms with Gasteiger partial charge in [0.25, 0.3) is 0 Å². The van der Waals surface area contributed by atoms with Gasteiger partial charge in [0.05, 0.1) is 0 Å². The lowest BCUT2D eigenvalue weighted by atomic mass is 9.95. The van der Waals surface area contributed by atoms with Gasteiger partial charge in [-0.05, 0) is 48.5 Å². The van der Waals surface area contributed by atoms with Crippen LogP contribution >= 0.6 is 0 Å². The fraction of sp³-hybridized carbons (Fsp3) is 0.318. The van der Waals surface area contributed by atoms with Crippen LogP contribution in [0, 0.1) is 5.41 Å². The van der Waals surface area contributed by atoms with Crippen molar-refractivity contribution in [3.05, 3.63) is 59.7 Å². The molecular formula is C22H25NO4. The highest BCUT2D eigenvalue weighted by Gasteiger charge is 2.21. The molecule has 0 aromatic heterocycles. The first-order chi connectivity index (χ1) is 12.7. The molecule has 0 unspecified atom stereocenters. The van der Waals surface area contributed by atoms with Crippen LogP contribution < -0.4 is 10.1 Å². The Morgan fingerprint density at radius 2 is 1.37 bits per heavy atom. The van der Waals surface area contributed by atoms with Gasteiger partial charge in [-0.15, -0.1) is 0 Å². The number of nitrogens with one attached hydrogen (secondary N) is 1. The minimum absolute atomic E-state index is 0.0660. The van der Waals surface area contributed by atoms with Crippen LogP contribution in [0.2, 0.25) is 0 Å². The Morgan fingerprint density at radius 1 is 0.852 bits per heavy atom. The van der Waals surface area contributed by atoms with E-state index in [-0.39, 0.29) is 24.1 Å². The SMILES string of the molecule is CCC(=O)c1ccc(OCC(=O)c2ccc(NC(=O)C(C)(C)C)cc2)cc1. The van der Waals surface area contributed by atoms with E-state index in [1.807, 2.05) is 27.7 Å². The van der Waals surface area contributed by atoms with Gasteiger partial charge in [0.15, 0.2) is 18.2 Å². The molecular weight excluding hydrogens is 342 g/mol. The molecule has 27 heavy (non-hydrogen) atoms. The van der Waals surface area contributed by atoms with Crippen LogP contribution in [-0.4, -0.2) is 24.1 Å². The number of anilines is 1. The van der Waals surface area contributed by atoms with Crippen LogP contribution in [0.15, 0.2) is 48.5 Å². The quantitative estimate of drug-likeness (QED) is 0.730. The first kappa shape index (κ1) is 20.4. The van der Waals surface area contributed by atoms with E-state index in [1.54, 1.807) is 48.5 Å². The van der Waals surface area contributed by atoms with Gasteiger partial charge < -0.3 is 10.1 Å². The summed E-state index contributed by atoms with van der Waals surface area (Å²) < 4.78 is 5.50. The van der Waals surface area contributed by atoms with Gasteiger partial charge in [0.1, 0.15) is 5.75 Å². The molecule has 0 atom stereocenters. The van der Waals surface area contributed by atoms with Crippen LogP contribution in [-0.2, 0) is 4.79 Å². The Labute approximate surface area is 159 Å². The van der Waals surface area contributed by atoms with Crippen molar-refractivity contribution in [2.45, 2.75) is 34.1 Å². The number of ether oxygens (including phenoxy) is 1. The Hall–Kier alpha value is -2.95. The molecule has 0 aliphatic rings. The molecule has 5 nitrogen and oxygen atoms in total. The predicted octanol–water partition coefficient (Wildman–Crippen LogP) is 4.53. The molecule has 2 rings (SSSR count). The molecule has 0 spiro atoms. The smallest absolute Gasteiger partial charge is 0.229 e. The number of rotatable bonds is 7. The highest BCUT2D eigenvalue weighted by Crippen LogP contribution is 2.18. The molecule has 0 radical (unpaired) electrons. The Kier molecular flexibility index (Phi) is 6.50. The summed E-state index contributed by atoms with van der Waals surface area (Å²) in [4.78, 5) is 35.8. The third kappa shape index (κ3) is 5.78. The summed E-state index contributed by atoms with van der Waals surface area (Å²) in [6.45, 7) is 7.22. The van der Waals surface area contributed by atoms with Crippen LogP contribution in [0.1, 0.15) is 54.8 Å². The molecule has 0 fully saturated rings. The molecule has 1 amide bonds. The van der Waals surface area contributed by atoms with E-state index >= 15 is 0 Å². The van der Waals surface area contributed by atoms with Crippen molar-refractivity contribution in [3.63, 3.8) is 0 Å². The summed E-state index contributed by atoms with van der Waals surface area (Å²) in [6, 6.07) is 13.5. The highest BCUT2D eigenvalue weighted by atomic mass is 16.5. The number of Topliss-reactive ketones (excluding diaryl/α,β-unsaturated/α-hetero) is 2. The zero-order valence-corrected chi connectivity index (χ0v) is 16.2. The van der Waals surface area contributed by atoms with Crippen molar-refractivity contribution >= 4 is 23.2 Å². The van der Waals surface area contributed by atoms with Crippen molar-refractivity contribution in [2.24, 2.45) is 5.41 Å². The van der Waals surface area contributed by atoms with Crippen molar-refractivity contribution in [3.8, 4) is 5.75 Å². The number of hydrogen-bond donors (Lipinski definition) is 1. The standard InChI is InChI=1S/C22H25NO4/c1-5-19(24)15-8-12-18(13-9-15)27-14-20(25)16-6-10-17(11-7-16)23-21(26)22(2,3)4/h6-13H,5,14H2,1-4H3,(H,23,26). The van der Waals surface area contributed by atoms with Gasteiger partial charge >= 0.3 is 0 Å². The zero-order valence-electron chi connectivity index (χ0n) is 16.2. The lowest BCUT2D eigenvalue weighted by Gasteiger charge is -2.17. The third-order valence-electron chi connectivity index (χ3n) is 4.01. The largest absolute Gasteiger partial charge is 0.485 e. The van der Waals surface area contributed by atoms with Gasteiger partial charge in [-0.25, -0.2) is 0 Å². The molecule has 0 saturated heterocycles. The molecule has 1 N–H and O–H groups in total. The average molecular weight is 367 g/mol. The second kappa shape index (κ2) is 8.62. The first-order valence-corrected chi connectivity index (χ1v) is 8.91. The normalized spacial score (nSPS) is 11.0. The van der Waals surface area contributed by atoms with E-state index in [0.717, 1.165) is 0 Å². The van der Waals surface area contributed by atoms with Crippen molar-refractivity contribution in [1.29, 1.82) is 0 Å². The third-order valence-corrected chi connectivity index (χ3v) is 4.01. The fourth-order valence-corrected chi connectivity index (χ4v) is 2.23. The van der Waals surface area contributed by atoms with Gasteiger partial charge in [-0.3, -0.25) is 14.4 Å². The molecule has 0 aliphatic carbocycles. The second-order valence-electron chi connectivity index (χ2n) is 7.29. The molecule has 142 valence electrons. The molecule has 0 aliphatic heterocycles.